The van der Waals surface area contributed by atoms with Crippen LogP contribution in [0.15, 0.2) is 24.3 Å². The van der Waals surface area contributed by atoms with Gasteiger partial charge in [0, 0.05) is 19.8 Å². The average molecular weight is 298 g/mol. The van der Waals surface area contributed by atoms with Crippen molar-refractivity contribution in [3.63, 3.8) is 0 Å². The van der Waals surface area contributed by atoms with Crippen LogP contribution in [0.1, 0.15) is 24.0 Å². The van der Waals surface area contributed by atoms with E-state index < -0.39 is 10.0 Å². The molecule has 6 heteroatoms. The van der Waals surface area contributed by atoms with E-state index in [1.807, 2.05) is 24.3 Å². The molecule has 0 aromatic heterocycles. The lowest BCUT2D eigenvalue weighted by atomic mass is 10.1. The zero-order valence-electron chi connectivity index (χ0n) is 11.5. The first kappa shape index (κ1) is 15.4. The first-order valence-electron chi connectivity index (χ1n) is 6.96. The molecule has 1 aliphatic rings. The molecule has 2 rings (SSSR count). The second kappa shape index (κ2) is 7.17. The van der Waals surface area contributed by atoms with Gasteiger partial charge in [-0.25, -0.2) is 13.1 Å². The minimum Gasteiger partial charge on any atom is -0.381 e. The third kappa shape index (κ3) is 4.28. The Balaban J connectivity index is 1.90. The molecule has 0 unspecified atom stereocenters. The van der Waals surface area contributed by atoms with E-state index in [9.17, 15) is 8.42 Å². The molecule has 1 aromatic rings. The van der Waals surface area contributed by atoms with E-state index in [1.165, 1.54) is 5.56 Å². The molecule has 1 aliphatic heterocycles. The Morgan fingerprint density at radius 3 is 2.35 bits per heavy atom. The molecule has 5 nitrogen and oxygen atoms in total. The summed E-state index contributed by atoms with van der Waals surface area (Å²) >= 11 is 0. The van der Waals surface area contributed by atoms with Gasteiger partial charge in [-0.1, -0.05) is 24.3 Å². The van der Waals surface area contributed by atoms with Crippen LogP contribution in [0.3, 0.4) is 0 Å². The fourth-order valence-corrected chi connectivity index (χ4v) is 3.70. The van der Waals surface area contributed by atoms with Crippen molar-refractivity contribution in [1.29, 1.82) is 0 Å². The van der Waals surface area contributed by atoms with Gasteiger partial charge >= 0.3 is 0 Å². The van der Waals surface area contributed by atoms with Crippen LogP contribution in [0.25, 0.3) is 0 Å². The van der Waals surface area contributed by atoms with Crippen molar-refractivity contribution in [2.75, 3.05) is 19.8 Å². The van der Waals surface area contributed by atoms with Crippen molar-refractivity contribution in [3.8, 4) is 0 Å². The van der Waals surface area contributed by atoms with Crippen molar-refractivity contribution in [1.82, 2.24) is 4.72 Å². The van der Waals surface area contributed by atoms with Crippen LogP contribution in [0.2, 0.25) is 0 Å². The zero-order chi connectivity index (χ0) is 14.4. The Hall–Kier alpha value is -0.950. The summed E-state index contributed by atoms with van der Waals surface area (Å²) in [7, 11) is -3.25. The van der Waals surface area contributed by atoms with E-state index in [0.717, 1.165) is 12.0 Å². The molecule has 0 atom stereocenters. The molecular formula is C14H22N2O3S. The summed E-state index contributed by atoms with van der Waals surface area (Å²) in [6.45, 7) is 2.01. The monoisotopic (exact) mass is 298 g/mol. The van der Waals surface area contributed by atoms with E-state index in [-0.39, 0.29) is 5.25 Å². The normalized spacial score (nSPS) is 17.2. The Labute approximate surface area is 120 Å². The Bertz CT molecular complexity index is 508. The van der Waals surface area contributed by atoms with Crippen LogP contribution in [0, 0.1) is 0 Å². The van der Waals surface area contributed by atoms with E-state index in [2.05, 4.69) is 4.72 Å². The highest BCUT2D eigenvalue weighted by Crippen LogP contribution is 2.15. The average Bonchev–Trinajstić information content (AvgIpc) is 2.48. The van der Waals surface area contributed by atoms with Gasteiger partial charge in [0.05, 0.1) is 5.25 Å². The maximum Gasteiger partial charge on any atom is 0.214 e. The first-order chi connectivity index (χ1) is 9.62. The van der Waals surface area contributed by atoms with E-state index in [0.29, 0.717) is 39.1 Å². The molecular weight excluding hydrogens is 276 g/mol. The summed E-state index contributed by atoms with van der Waals surface area (Å²) in [5.41, 5.74) is 7.62. The molecule has 112 valence electrons. The molecule has 0 spiro atoms. The number of rotatable bonds is 6. The van der Waals surface area contributed by atoms with Crippen LogP contribution < -0.4 is 10.5 Å². The molecule has 3 N–H and O–H groups in total. The number of benzene rings is 1. The summed E-state index contributed by atoms with van der Waals surface area (Å²) in [4.78, 5) is 0. The van der Waals surface area contributed by atoms with Crippen LogP contribution in [0.5, 0.6) is 0 Å². The van der Waals surface area contributed by atoms with Gasteiger partial charge in [0.1, 0.15) is 0 Å². The van der Waals surface area contributed by atoms with Gasteiger partial charge in [-0.2, -0.15) is 0 Å². The largest absolute Gasteiger partial charge is 0.381 e. The van der Waals surface area contributed by atoms with Crippen LogP contribution >= 0.6 is 0 Å². The second-order valence-electron chi connectivity index (χ2n) is 5.03. The Kier molecular flexibility index (Phi) is 5.54. The summed E-state index contributed by atoms with van der Waals surface area (Å²) < 4.78 is 32.2. The van der Waals surface area contributed by atoms with Crippen molar-refractivity contribution < 1.29 is 13.2 Å². The fraction of sp³-hybridized carbons (Fsp3) is 0.571. The molecule has 1 fully saturated rings. The number of nitrogens with one attached hydrogen (secondary N) is 1. The Morgan fingerprint density at radius 1 is 1.15 bits per heavy atom. The number of sulfonamides is 1. The molecule has 0 amide bonds. The third-order valence-corrected chi connectivity index (χ3v) is 5.44. The van der Waals surface area contributed by atoms with Crippen molar-refractivity contribution in [3.05, 3.63) is 35.4 Å². The van der Waals surface area contributed by atoms with E-state index in [1.54, 1.807) is 0 Å². The summed E-state index contributed by atoms with van der Waals surface area (Å²) in [6, 6.07) is 7.87. The molecule has 1 saturated heterocycles. The van der Waals surface area contributed by atoms with Crippen LogP contribution in [-0.4, -0.2) is 33.4 Å². The van der Waals surface area contributed by atoms with Gasteiger partial charge in [0.2, 0.25) is 10.0 Å². The predicted molar refractivity (Wildman–Crippen MR) is 78.8 cm³/mol. The highest BCUT2D eigenvalue weighted by molar-refractivity contribution is 7.90. The summed E-state index contributed by atoms with van der Waals surface area (Å²) in [5, 5.41) is -0.326. The number of hydrogen-bond acceptors (Lipinski definition) is 4. The molecule has 0 aliphatic carbocycles. The van der Waals surface area contributed by atoms with Crippen molar-refractivity contribution in [2.45, 2.75) is 31.1 Å². The smallest absolute Gasteiger partial charge is 0.214 e. The first-order valence-corrected chi connectivity index (χ1v) is 8.50. The maximum absolute atomic E-state index is 12.1. The predicted octanol–water partition coefficient (Wildman–Crippen LogP) is 0.786. The Morgan fingerprint density at radius 2 is 1.75 bits per heavy atom. The zero-order valence-corrected chi connectivity index (χ0v) is 12.4. The van der Waals surface area contributed by atoms with Gasteiger partial charge in [-0.3, -0.25) is 0 Å². The number of ether oxygens (including phenoxy) is 1. The molecule has 20 heavy (non-hydrogen) atoms. The highest BCUT2D eigenvalue weighted by atomic mass is 32.2. The number of nitrogens with two attached hydrogens (primary N) is 1. The molecule has 1 aromatic carbocycles. The molecule has 0 bridgehead atoms. The third-order valence-electron chi connectivity index (χ3n) is 3.54. The highest BCUT2D eigenvalue weighted by Gasteiger charge is 2.27. The quantitative estimate of drug-likeness (QED) is 0.813. The summed E-state index contributed by atoms with van der Waals surface area (Å²) in [5.74, 6) is 0. The van der Waals surface area contributed by atoms with E-state index >= 15 is 0 Å². The second-order valence-corrected chi connectivity index (χ2v) is 7.08. The SMILES string of the molecule is NCCc1ccc(CNS(=O)(=O)C2CCOCC2)cc1. The molecule has 0 radical (unpaired) electrons. The minimum absolute atomic E-state index is 0.326. The van der Waals surface area contributed by atoms with Crippen molar-refractivity contribution in [2.24, 2.45) is 5.73 Å². The minimum atomic E-state index is -3.25. The van der Waals surface area contributed by atoms with Gasteiger partial charge in [0.15, 0.2) is 0 Å². The molecule has 0 saturated carbocycles. The molecule has 1 heterocycles. The van der Waals surface area contributed by atoms with Gasteiger partial charge in [-0.15, -0.1) is 0 Å². The lowest BCUT2D eigenvalue weighted by Crippen LogP contribution is -2.37. The van der Waals surface area contributed by atoms with Crippen LogP contribution in [-0.2, 0) is 27.7 Å². The van der Waals surface area contributed by atoms with Crippen molar-refractivity contribution >= 4 is 10.0 Å². The standard InChI is InChI=1S/C14H22N2O3S/c15-8-5-12-1-3-13(4-2-12)11-16-20(17,18)14-6-9-19-10-7-14/h1-4,14,16H,5-11,15H2. The summed E-state index contributed by atoms with van der Waals surface area (Å²) in [6.07, 6.45) is 1.99. The van der Waals surface area contributed by atoms with E-state index in [4.69, 9.17) is 10.5 Å². The topological polar surface area (TPSA) is 81.4 Å². The maximum atomic E-state index is 12.1. The number of hydrogen-bond donors (Lipinski definition) is 2. The van der Waals surface area contributed by atoms with Crippen LogP contribution in [0.4, 0.5) is 0 Å². The lowest BCUT2D eigenvalue weighted by molar-refractivity contribution is 0.0981. The van der Waals surface area contributed by atoms with Gasteiger partial charge < -0.3 is 10.5 Å². The lowest BCUT2D eigenvalue weighted by Gasteiger charge is -2.22. The van der Waals surface area contributed by atoms with Gasteiger partial charge in [0.25, 0.3) is 0 Å². The fourth-order valence-electron chi connectivity index (χ4n) is 2.28. The van der Waals surface area contributed by atoms with Gasteiger partial charge in [-0.05, 0) is 36.9 Å².